The molecule has 7 nitrogen and oxygen atoms in total. The van der Waals surface area contributed by atoms with E-state index in [0.717, 1.165) is 19.4 Å². The molecule has 0 radical (unpaired) electrons. The van der Waals surface area contributed by atoms with Gasteiger partial charge < -0.3 is 10.1 Å². The molecule has 8 heteroatoms. The Morgan fingerprint density at radius 2 is 1.81 bits per heavy atom. The summed E-state index contributed by atoms with van der Waals surface area (Å²) < 4.78 is 32.1. The molecule has 0 saturated carbocycles. The lowest BCUT2D eigenvalue weighted by Crippen LogP contribution is -2.48. The standard InChI is InChI=1S/C13H27N3O4S/c1-10(2)14-9-12-5-7-16(8-6-12)21(18,19)15-13(17)20-11(3)4/h10-12,14H,5-9H2,1-4H3,(H,15,17). The molecule has 0 aromatic heterocycles. The number of amides is 1. The molecule has 0 aromatic carbocycles. The second-order valence-electron chi connectivity index (χ2n) is 5.97. The molecule has 2 N–H and O–H groups in total. The molecule has 0 aliphatic carbocycles. The van der Waals surface area contributed by atoms with Crippen molar-refractivity contribution >= 4 is 16.3 Å². The minimum Gasteiger partial charge on any atom is -0.446 e. The first-order chi connectivity index (χ1) is 9.70. The van der Waals surface area contributed by atoms with Gasteiger partial charge in [-0.25, -0.2) is 9.52 Å². The molecular formula is C13H27N3O4S. The number of nitrogens with one attached hydrogen (secondary N) is 2. The number of rotatable bonds is 6. The topological polar surface area (TPSA) is 87.7 Å². The average Bonchev–Trinajstić information content (AvgIpc) is 2.35. The molecule has 1 fully saturated rings. The third-order valence-corrected chi connectivity index (χ3v) is 4.75. The SMILES string of the molecule is CC(C)NCC1CCN(S(=O)(=O)NC(=O)OC(C)C)CC1. The molecule has 0 bridgehead atoms. The maximum absolute atomic E-state index is 12.0. The lowest BCUT2D eigenvalue weighted by molar-refractivity contribution is 0.120. The highest BCUT2D eigenvalue weighted by Gasteiger charge is 2.29. The van der Waals surface area contributed by atoms with Crippen LogP contribution in [-0.2, 0) is 14.9 Å². The quantitative estimate of drug-likeness (QED) is 0.764. The van der Waals surface area contributed by atoms with Gasteiger partial charge in [0.15, 0.2) is 0 Å². The summed E-state index contributed by atoms with van der Waals surface area (Å²) in [6.07, 6.45) is 0.307. The molecular weight excluding hydrogens is 294 g/mol. The van der Waals surface area contributed by atoms with Crippen LogP contribution in [0, 0.1) is 5.92 Å². The monoisotopic (exact) mass is 321 g/mol. The van der Waals surface area contributed by atoms with Crippen LogP contribution < -0.4 is 10.0 Å². The van der Waals surface area contributed by atoms with E-state index in [1.807, 2.05) is 4.72 Å². The molecule has 1 aliphatic rings. The zero-order chi connectivity index (χ0) is 16.0. The summed E-state index contributed by atoms with van der Waals surface area (Å²) in [5.41, 5.74) is 0. The van der Waals surface area contributed by atoms with Crippen LogP contribution in [0.1, 0.15) is 40.5 Å². The molecule has 0 unspecified atom stereocenters. The van der Waals surface area contributed by atoms with Crippen molar-refractivity contribution in [3.05, 3.63) is 0 Å². The maximum atomic E-state index is 12.0. The number of carbonyl (C=O) groups excluding carboxylic acids is 1. The van der Waals surface area contributed by atoms with E-state index in [9.17, 15) is 13.2 Å². The normalized spacial score (nSPS) is 18.2. The maximum Gasteiger partial charge on any atom is 0.422 e. The lowest BCUT2D eigenvalue weighted by Gasteiger charge is -2.31. The third kappa shape index (κ3) is 6.62. The van der Waals surface area contributed by atoms with E-state index in [2.05, 4.69) is 19.2 Å². The summed E-state index contributed by atoms with van der Waals surface area (Å²) in [5.74, 6) is 0.474. The van der Waals surface area contributed by atoms with Gasteiger partial charge in [0.2, 0.25) is 0 Å². The van der Waals surface area contributed by atoms with Gasteiger partial charge in [0, 0.05) is 19.1 Å². The summed E-state index contributed by atoms with van der Waals surface area (Å²) in [6.45, 7) is 9.25. The highest BCUT2D eigenvalue weighted by molar-refractivity contribution is 7.87. The van der Waals surface area contributed by atoms with Crippen LogP contribution in [0.4, 0.5) is 4.79 Å². The largest absolute Gasteiger partial charge is 0.446 e. The molecule has 124 valence electrons. The molecule has 1 amide bonds. The number of hydrogen-bond donors (Lipinski definition) is 2. The van der Waals surface area contributed by atoms with Crippen LogP contribution in [0.2, 0.25) is 0 Å². The highest BCUT2D eigenvalue weighted by Crippen LogP contribution is 2.18. The van der Waals surface area contributed by atoms with E-state index in [1.165, 1.54) is 4.31 Å². The predicted molar refractivity (Wildman–Crippen MR) is 81.1 cm³/mol. The summed E-state index contributed by atoms with van der Waals surface area (Å²) in [5, 5.41) is 3.36. The Labute approximate surface area is 127 Å². The summed E-state index contributed by atoms with van der Waals surface area (Å²) in [6, 6.07) is 0.430. The van der Waals surface area contributed by atoms with Crippen molar-refractivity contribution in [3.63, 3.8) is 0 Å². The molecule has 0 spiro atoms. The highest BCUT2D eigenvalue weighted by atomic mass is 32.2. The van der Waals surface area contributed by atoms with Gasteiger partial charge in [-0.1, -0.05) is 13.8 Å². The number of hydrogen-bond acceptors (Lipinski definition) is 5. The molecule has 0 aromatic rings. The summed E-state index contributed by atoms with van der Waals surface area (Å²) >= 11 is 0. The molecule has 21 heavy (non-hydrogen) atoms. The minimum absolute atomic E-state index is 0.354. The number of carbonyl (C=O) groups is 1. The van der Waals surface area contributed by atoms with Crippen molar-refractivity contribution in [1.29, 1.82) is 0 Å². The van der Waals surface area contributed by atoms with Gasteiger partial charge >= 0.3 is 16.3 Å². The van der Waals surface area contributed by atoms with E-state index >= 15 is 0 Å². The van der Waals surface area contributed by atoms with Gasteiger partial charge in [-0.05, 0) is 39.2 Å². The second kappa shape index (κ2) is 7.95. The molecule has 0 atom stereocenters. The Morgan fingerprint density at radius 1 is 1.24 bits per heavy atom. The van der Waals surface area contributed by atoms with Crippen LogP contribution in [0.5, 0.6) is 0 Å². The van der Waals surface area contributed by atoms with Gasteiger partial charge in [-0.2, -0.15) is 12.7 Å². The van der Waals surface area contributed by atoms with Crippen LogP contribution in [-0.4, -0.2) is 50.6 Å². The Hall–Kier alpha value is -0.860. The number of ether oxygens (including phenoxy) is 1. The fourth-order valence-corrected chi connectivity index (χ4v) is 3.24. The van der Waals surface area contributed by atoms with E-state index in [4.69, 9.17) is 4.74 Å². The van der Waals surface area contributed by atoms with Crippen LogP contribution in [0.15, 0.2) is 0 Å². The van der Waals surface area contributed by atoms with Gasteiger partial charge in [-0.3, -0.25) is 0 Å². The van der Waals surface area contributed by atoms with Crippen molar-refractivity contribution in [2.45, 2.75) is 52.7 Å². The summed E-state index contributed by atoms with van der Waals surface area (Å²) in [7, 11) is -3.79. The van der Waals surface area contributed by atoms with Crippen molar-refractivity contribution in [1.82, 2.24) is 14.3 Å². The molecule has 1 saturated heterocycles. The van der Waals surface area contributed by atoms with E-state index in [1.54, 1.807) is 13.8 Å². The number of piperidine rings is 1. The van der Waals surface area contributed by atoms with Gasteiger partial charge in [0.25, 0.3) is 0 Å². The second-order valence-corrected chi connectivity index (χ2v) is 7.64. The van der Waals surface area contributed by atoms with Crippen LogP contribution in [0.25, 0.3) is 0 Å². The fourth-order valence-electron chi connectivity index (χ4n) is 2.16. The molecule has 1 rings (SSSR count). The minimum atomic E-state index is -3.79. The zero-order valence-electron chi connectivity index (χ0n) is 13.3. The van der Waals surface area contributed by atoms with Crippen molar-refractivity contribution in [2.24, 2.45) is 5.92 Å². The smallest absolute Gasteiger partial charge is 0.422 e. The third-order valence-electron chi connectivity index (χ3n) is 3.28. The van der Waals surface area contributed by atoms with E-state index in [-0.39, 0.29) is 6.10 Å². The Bertz CT molecular complexity index is 429. The van der Waals surface area contributed by atoms with Crippen molar-refractivity contribution < 1.29 is 17.9 Å². The van der Waals surface area contributed by atoms with E-state index in [0.29, 0.717) is 25.0 Å². The van der Waals surface area contributed by atoms with Crippen LogP contribution >= 0.6 is 0 Å². The molecule has 1 heterocycles. The summed E-state index contributed by atoms with van der Waals surface area (Å²) in [4.78, 5) is 11.4. The van der Waals surface area contributed by atoms with E-state index < -0.39 is 16.3 Å². The van der Waals surface area contributed by atoms with Crippen molar-refractivity contribution in [2.75, 3.05) is 19.6 Å². The first kappa shape index (κ1) is 18.2. The van der Waals surface area contributed by atoms with Gasteiger partial charge in [-0.15, -0.1) is 0 Å². The Balaban J connectivity index is 2.43. The van der Waals surface area contributed by atoms with Crippen molar-refractivity contribution in [3.8, 4) is 0 Å². The lowest BCUT2D eigenvalue weighted by atomic mass is 9.98. The fraction of sp³-hybridized carbons (Fsp3) is 0.923. The number of nitrogens with zero attached hydrogens (tertiary/aromatic N) is 1. The first-order valence-electron chi connectivity index (χ1n) is 7.42. The van der Waals surface area contributed by atoms with Crippen LogP contribution in [0.3, 0.4) is 0 Å². The zero-order valence-corrected chi connectivity index (χ0v) is 14.1. The van der Waals surface area contributed by atoms with Gasteiger partial charge in [0.1, 0.15) is 0 Å². The first-order valence-corrected chi connectivity index (χ1v) is 8.86. The predicted octanol–water partition coefficient (Wildman–Crippen LogP) is 1.08. The van der Waals surface area contributed by atoms with Gasteiger partial charge in [0.05, 0.1) is 6.10 Å². The Kier molecular flexibility index (Phi) is 6.89. The Morgan fingerprint density at radius 3 is 2.29 bits per heavy atom. The molecule has 1 aliphatic heterocycles. The average molecular weight is 321 g/mol.